The van der Waals surface area contributed by atoms with Gasteiger partial charge in [0.1, 0.15) is 12.4 Å². The van der Waals surface area contributed by atoms with Gasteiger partial charge in [-0.05, 0) is 66.4 Å². The molecule has 3 aromatic carbocycles. The first-order valence-corrected chi connectivity index (χ1v) is 11.0. The Morgan fingerprint density at radius 3 is 2.55 bits per heavy atom. The molecule has 0 unspecified atom stereocenters. The van der Waals surface area contributed by atoms with Crippen molar-refractivity contribution in [1.82, 2.24) is 9.66 Å². The predicted octanol–water partition coefficient (Wildman–Crippen LogP) is 5.44. The molecule has 0 atom stereocenters. The van der Waals surface area contributed by atoms with Gasteiger partial charge in [0.05, 0.1) is 10.9 Å². The smallest absolute Gasteiger partial charge is 0.280 e. The van der Waals surface area contributed by atoms with E-state index in [0.29, 0.717) is 21.5 Å². The second-order valence-electron chi connectivity index (χ2n) is 8.12. The van der Waals surface area contributed by atoms with E-state index < -0.39 is 5.91 Å². The van der Waals surface area contributed by atoms with Crippen molar-refractivity contribution >= 4 is 28.4 Å². The Labute approximate surface area is 196 Å². The zero-order valence-electron chi connectivity index (χ0n) is 18.6. The van der Waals surface area contributed by atoms with Gasteiger partial charge in [-0.2, -0.15) is 4.68 Å². The average molecular weight is 462 g/mol. The van der Waals surface area contributed by atoms with E-state index in [0.717, 1.165) is 21.6 Å². The van der Waals surface area contributed by atoms with Crippen molar-refractivity contribution < 1.29 is 9.53 Å². The van der Waals surface area contributed by atoms with E-state index in [2.05, 4.69) is 24.3 Å². The lowest BCUT2D eigenvalue weighted by Gasteiger charge is -2.18. The summed E-state index contributed by atoms with van der Waals surface area (Å²) < 4.78 is 7.28. The van der Waals surface area contributed by atoms with Crippen LogP contribution in [0.15, 0.2) is 71.5 Å². The Kier molecular flexibility index (Phi) is 6.47. The molecule has 168 valence electrons. The van der Waals surface area contributed by atoms with Gasteiger partial charge < -0.3 is 4.74 Å². The maximum Gasteiger partial charge on any atom is 0.280 e. The molecule has 0 saturated carbocycles. The number of carbonyl (C=O) groups is 1. The van der Waals surface area contributed by atoms with Gasteiger partial charge in [-0.3, -0.25) is 15.0 Å². The molecule has 0 bridgehead atoms. The minimum Gasteiger partial charge on any atom is -0.485 e. The minimum absolute atomic E-state index is 0.00411. The van der Waals surface area contributed by atoms with Gasteiger partial charge in [0.2, 0.25) is 0 Å². The second kappa shape index (κ2) is 9.46. The molecule has 4 rings (SSSR count). The standard InChI is InChI=1S/C26H24ClN3O3/c1-16(2)20-13-8-17(3)14-23(20)33-15-24-28-22-7-5-4-6-21(22)26(32)30(24)29-25(31)18-9-11-19(27)12-10-18/h4-14,16H,15H2,1-3H3,(H,29,31). The van der Waals surface area contributed by atoms with Crippen molar-refractivity contribution in [3.63, 3.8) is 0 Å². The molecule has 1 amide bonds. The first-order valence-electron chi connectivity index (χ1n) is 10.6. The lowest BCUT2D eigenvalue weighted by Crippen LogP contribution is -2.37. The molecule has 0 spiro atoms. The van der Waals surface area contributed by atoms with Gasteiger partial charge in [-0.1, -0.05) is 49.7 Å². The third-order valence-corrected chi connectivity index (χ3v) is 5.56. The summed E-state index contributed by atoms with van der Waals surface area (Å²) in [5.74, 6) is 0.822. The number of carbonyl (C=O) groups excluding carboxylic acids is 1. The fraction of sp³-hybridized carbons (Fsp3) is 0.192. The number of aromatic nitrogens is 2. The number of hydrogen-bond donors (Lipinski definition) is 1. The average Bonchev–Trinajstić information content (AvgIpc) is 2.80. The van der Waals surface area contributed by atoms with Gasteiger partial charge in [0.15, 0.2) is 5.82 Å². The van der Waals surface area contributed by atoms with Crippen LogP contribution in [0.2, 0.25) is 5.02 Å². The molecule has 0 saturated heterocycles. The lowest BCUT2D eigenvalue weighted by molar-refractivity contribution is 0.100. The van der Waals surface area contributed by atoms with Crippen LogP contribution in [0.4, 0.5) is 0 Å². The van der Waals surface area contributed by atoms with Crippen LogP contribution in [0.3, 0.4) is 0 Å². The Hall–Kier alpha value is -3.64. The summed E-state index contributed by atoms with van der Waals surface area (Å²) >= 11 is 5.92. The maximum absolute atomic E-state index is 13.2. The molecule has 0 radical (unpaired) electrons. The van der Waals surface area contributed by atoms with Gasteiger partial charge in [-0.15, -0.1) is 0 Å². The molecular weight excluding hydrogens is 438 g/mol. The van der Waals surface area contributed by atoms with Gasteiger partial charge in [0, 0.05) is 10.6 Å². The Morgan fingerprint density at radius 2 is 1.82 bits per heavy atom. The predicted molar refractivity (Wildman–Crippen MR) is 131 cm³/mol. The largest absolute Gasteiger partial charge is 0.485 e. The Bertz CT molecular complexity index is 1380. The Morgan fingerprint density at radius 1 is 1.09 bits per heavy atom. The first kappa shape index (κ1) is 22.6. The van der Waals surface area contributed by atoms with Crippen molar-refractivity contribution in [2.75, 3.05) is 5.43 Å². The van der Waals surface area contributed by atoms with E-state index in [1.165, 1.54) is 0 Å². The van der Waals surface area contributed by atoms with Gasteiger partial charge in [-0.25, -0.2) is 4.98 Å². The van der Waals surface area contributed by atoms with E-state index >= 15 is 0 Å². The molecule has 6 nitrogen and oxygen atoms in total. The quantitative estimate of drug-likeness (QED) is 0.414. The van der Waals surface area contributed by atoms with Crippen molar-refractivity contribution in [3.05, 3.63) is 105 Å². The monoisotopic (exact) mass is 461 g/mol. The second-order valence-corrected chi connectivity index (χ2v) is 8.55. The van der Waals surface area contributed by atoms with Crippen molar-refractivity contribution in [1.29, 1.82) is 0 Å². The highest BCUT2D eigenvalue weighted by atomic mass is 35.5. The van der Waals surface area contributed by atoms with Crippen LogP contribution in [-0.4, -0.2) is 15.6 Å². The highest BCUT2D eigenvalue weighted by Gasteiger charge is 2.16. The van der Waals surface area contributed by atoms with Crippen LogP contribution in [0.5, 0.6) is 5.75 Å². The maximum atomic E-state index is 13.2. The zero-order valence-corrected chi connectivity index (χ0v) is 19.4. The van der Waals surface area contributed by atoms with Crippen LogP contribution in [0.25, 0.3) is 10.9 Å². The Balaban J connectivity index is 1.73. The number of amides is 1. The van der Waals surface area contributed by atoms with Gasteiger partial charge in [0.25, 0.3) is 11.5 Å². The summed E-state index contributed by atoms with van der Waals surface area (Å²) in [5.41, 5.74) is 5.31. The number of nitrogens with zero attached hydrogens (tertiary/aromatic N) is 2. The molecule has 1 aromatic heterocycles. The molecule has 0 aliphatic rings. The fourth-order valence-corrected chi connectivity index (χ4v) is 3.67. The van der Waals surface area contributed by atoms with Gasteiger partial charge >= 0.3 is 0 Å². The van der Waals surface area contributed by atoms with Crippen LogP contribution in [0, 0.1) is 6.92 Å². The number of rotatable bonds is 6. The van der Waals surface area contributed by atoms with Crippen LogP contribution in [0.1, 0.15) is 47.1 Å². The first-order chi connectivity index (χ1) is 15.8. The summed E-state index contributed by atoms with van der Waals surface area (Å²) in [6, 6.07) is 19.5. The summed E-state index contributed by atoms with van der Waals surface area (Å²) in [4.78, 5) is 30.7. The molecule has 33 heavy (non-hydrogen) atoms. The number of ether oxygens (including phenoxy) is 1. The molecule has 4 aromatic rings. The SMILES string of the molecule is Cc1ccc(C(C)C)c(OCc2nc3ccccc3c(=O)n2NC(=O)c2ccc(Cl)cc2)c1. The van der Waals surface area contributed by atoms with Crippen molar-refractivity contribution in [3.8, 4) is 5.75 Å². The normalized spacial score (nSPS) is 11.1. The lowest BCUT2D eigenvalue weighted by atomic mass is 10.0. The van der Waals surface area contributed by atoms with E-state index in [9.17, 15) is 9.59 Å². The van der Waals surface area contributed by atoms with Crippen molar-refractivity contribution in [2.45, 2.75) is 33.3 Å². The zero-order chi connectivity index (χ0) is 23.5. The van der Waals surface area contributed by atoms with E-state index in [1.54, 1.807) is 42.5 Å². The highest BCUT2D eigenvalue weighted by Crippen LogP contribution is 2.28. The van der Waals surface area contributed by atoms with Crippen molar-refractivity contribution in [2.24, 2.45) is 0 Å². The molecular formula is C26H24ClN3O3. The number of fused-ring (bicyclic) bond motifs is 1. The van der Waals surface area contributed by atoms with E-state index in [-0.39, 0.29) is 23.9 Å². The number of para-hydroxylation sites is 1. The summed E-state index contributed by atoms with van der Waals surface area (Å²) in [6.07, 6.45) is 0. The fourth-order valence-electron chi connectivity index (χ4n) is 3.54. The summed E-state index contributed by atoms with van der Waals surface area (Å²) in [7, 11) is 0. The molecule has 0 fully saturated rings. The molecule has 1 N–H and O–H groups in total. The third kappa shape index (κ3) is 4.91. The number of halogens is 1. The topological polar surface area (TPSA) is 73.2 Å². The highest BCUT2D eigenvalue weighted by molar-refractivity contribution is 6.30. The number of hydrogen-bond acceptors (Lipinski definition) is 4. The van der Waals surface area contributed by atoms with Crippen LogP contribution in [-0.2, 0) is 6.61 Å². The number of nitrogens with one attached hydrogen (secondary N) is 1. The van der Waals surface area contributed by atoms with Crippen LogP contribution >= 0.6 is 11.6 Å². The molecule has 0 aliphatic heterocycles. The van der Waals surface area contributed by atoms with Crippen LogP contribution < -0.4 is 15.7 Å². The van der Waals surface area contributed by atoms with E-state index in [1.807, 2.05) is 31.2 Å². The number of benzene rings is 3. The minimum atomic E-state index is -0.453. The molecule has 1 heterocycles. The summed E-state index contributed by atoms with van der Waals surface area (Å²) in [6.45, 7) is 6.18. The number of aryl methyl sites for hydroxylation is 1. The third-order valence-electron chi connectivity index (χ3n) is 5.31. The molecule has 7 heteroatoms. The van der Waals surface area contributed by atoms with E-state index in [4.69, 9.17) is 16.3 Å². The molecule has 0 aliphatic carbocycles. The summed E-state index contributed by atoms with van der Waals surface area (Å²) in [5, 5.41) is 0.917.